The number of rotatable bonds is 6. The molecule has 1 amide bonds. The minimum Gasteiger partial charge on any atom is -0.356 e. The normalized spacial score (nSPS) is 13.8. The van der Waals surface area contributed by atoms with Gasteiger partial charge in [0.2, 0.25) is 5.91 Å². The van der Waals surface area contributed by atoms with E-state index in [0.717, 1.165) is 41.2 Å². The average molecular weight is 531 g/mol. The highest BCUT2D eigenvalue weighted by atomic mass is 127. The molecule has 0 radical (unpaired) electrons. The summed E-state index contributed by atoms with van der Waals surface area (Å²) in [6.07, 6.45) is 1.58. The van der Waals surface area contributed by atoms with Crippen molar-refractivity contribution in [2.45, 2.75) is 25.9 Å². The average Bonchev–Trinajstić information content (AvgIpc) is 3.44. The van der Waals surface area contributed by atoms with Crippen molar-refractivity contribution in [2.75, 3.05) is 18.5 Å². The van der Waals surface area contributed by atoms with Gasteiger partial charge in [-0.25, -0.2) is 0 Å². The monoisotopic (exact) mass is 531 g/mol. The van der Waals surface area contributed by atoms with Crippen LogP contribution in [0.15, 0.2) is 70.2 Å². The van der Waals surface area contributed by atoms with Crippen LogP contribution in [0.1, 0.15) is 24.1 Å². The van der Waals surface area contributed by atoms with E-state index in [1.54, 1.807) is 7.05 Å². The Labute approximate surface area is 198 Å². The molecule has 0 aliphatic carbocycles. The Kier molecular flexibility index (Phi) is 8.05. The lowest BCUT2D eigenvalue weighted by molar-refractivity contribution is -0.117. The van der Waals surface area contributed by atoms with Crippen LogP contribution in [0.5, 0.6) is 0 Å². The van der Waals surface area contributed by atoms with Crippen LogP contribution in [0.25, 0.3) is 11.3 Å². The molecule has 0 unspecified atom stereocenters. The number of anilines is 1. The van der Waals surface area contributed by atoms with E-state index in [0.29, 0.717) is 25.5 Å². The summed E-state index contributed by atoms with van der Waals surface area (Å²) in [6, 6.07) is 19.9. The molecule has 7 nitrogen and oxygen atoms in total. The van der Waals surface area contributed by atoms with Crippen molar-refractivity contribution in [3.8, 4) is 11.3 Å². The van der Waals surface area contributed by atoms with Crippen LogP contribution in [0.3, 0.4) is 0 Å². The van der Waals surface area contributed by atoms with Gasteiger partial charge in [-0.15, -0.1) is 24.0 Å². The second-order valence-electron chi connectivity index (χ2n) is 7.14. The molecule has 0 bridgehead atoms. The van der Waals surface area contributed by atoms with Gasteiger partial charge in [-0.3, -0.25) is 9.79 Å². The lowest BCUT2D eigenvalue weighted by atomic mass is 10.2. The number of benzene rings is 2. The fourth-order valence-corrected chi connectivity index (χ4v) is 3.43. The molecule has 1 aromatic heterocycles. The number of halogens is 1. The molecule has 0 saturated carbocycles. The fourth-order valence-electron chi connectivity index (χ4n) is 3.43. The van der Waals surface area contributed by atoms with Gasteiger partial charge < -0.3 is 20.1 Å². The number of carbonyl (C=O) groups excluding carboxylic acids is 1. The van der Waals surface area contributed by atoms with Crippen molar-refractivity contribution < 1.29 is 9.32 Å². The second kappa shape index (κ2) is 10.9. The van der Waals surface area contributed by atoms with E-state index in [-0.39, 0.29) is 29.9 Å². The summed E-state index contributed by atoms with van der Waals surface area (Å²) in [7, 11) is 1.73. The SMILES string of the molecule is CN=C(NCc1ccc(N2CCCC2=O)cc1)NCc1cc(-c2ccccc2)on1.I. The Morgan fingerprint density at radius 2 is 1.84 bits per heavy atom. The molecule has 1 aliphatic rings. The fraction of sp³-hybridized carbons (Fsp3) is 0.261. The first-order valence-electron chi connectivity index (χ1n) is 10.1. The minimum atomic E-state index is 0. The van der Waals surface area contributed by atoms with Gasteiger partial charge in [0.05, 0.1) is 6.54 Å². The quantitative estimate of drug-likeness (QED) is 0.286. The largest absolute Gasteiger partial charge is 0.356 e. The summed E-state index contributed by atoms with van der Waals surface area (Å²) in [5.41, 5.74) is 3.87. The summed E-state index contributed by atoms with van der Waals surface area (Å²) in [5, 5.41) is 10.7. The maximum Gasteiger partial charge on any atom is 0.227 e. The maximum absolute atomic E-state index is 11.9. The molecule has 0 spiro atoms. The highest BCUT2D eigenvalue weighted by Gasteiger charge is 2.21. The van der Waals surface area contributed by atoms with E-state index in [1.807, 2.05) is 65.6 Å². The zero-order valence-corrected chi connectivity index (χ0v) is 19.7. The van der Waals surface area contributed by atoms with Crippen molar-refractivity contribution >= 4 is 41.5 Å². The number of carbonyl (C=O) groups is 1. The first-order valence-corrected chi connectivity index (χ1v) is 10.1. The lowest BCUT2D eigenvalue weighted by Gasteiger charge is -2.16. The predicted molar refractivity (Wildman–Crippen MR) is 132 cm³/mol. The summed E-state index contributed by atoms with van der Waals surface area (Å²) >= 11 is 0. The molecule has 3 aromatic rings. The van der Waals surface area contributed by atoms with Crippen molar-refractivity contribution in [3.63, 3.8) is 0 Å². The molecule has 2 N–H and O–H groups in total. The molecule has 31 heavy (non-hydrogen) atoms. The molecule has 162 valence electrons. The van der Waals surface area contributed by atoms with Gasteiger partial charge in [-0.05, 0) is 24.1 Å². The topological polar surface area (TPSA) is 82.8 Å². The summed E-state index contributed by atoms with van der Waals surface area (Å²) in [4.78, 5) is 18.0. The van der Waals surface area contributed by atoms with E-state index in [9.17, 15) is 4.79 Å². The smallest absolute Gasteiger partial charge is 0.227 e. The van der Waals surface area contributed by atoms with E-state index < -0.39 is 0 Å². The van der Waals surface area contributed by atoms with Gasteiger partial charge in [0.15, 0.2) is 11.7 Å². The number of aliphatic imine (C=N–C) groups is 1. The Morgan fingerprint density at radius 3 is 2.52 bits per heavy atom. The molecule has 8 heteroatoms. The lowest BCUT2D eigenvalue weighted by Crippen LogP contribution is -2.36. The minimum absolute atomic E-state index is 0. The van der Waals surface area contributed by atoms with Crippen LogP contribution in [0.4, 0.5) is 5.69 Å². The summed E-state index contributed by atoms with van der Waals surface area (Å²) in [6.45, 7) is 1.94. The van der Waals surface area contributed by atoms with Gasteiger partial charge in [-0.2, -0.15) is 0 Å². The third-order valence-corrected chi connectivity index (χ3v) is 5.06. The first kappa shape index (κ1) is 22.8. The number of nitrogens with zero attached hydrogens (tertiary/aromatic N) is 3. The number of guanidine groups is 1. The third kappa shape index (κ3) is 5.84. The summed E-state index contributed by atoms with van der Waals surface area (Å²) in [5.74, 6) is 1.62. The van der Waals surface area contributed by atoms with E-state index in [2.05, 4.69) is 20.8 Å². The van der Waals surface area contributed by atoms with Crippen molar-refractivity contribution in [1.29, 1.82) is 0 Å². The number of hydrogen-bond donors (Lipinski definition) is 2. The molecule has 1 aliphatic heterocycles. The Bertz CT molecular complexity index is 1020. The molecule has 4 rings (SSSR count). The predicted octanol–water partition coefficient (Wildman–Crippen LogP) is 3.95. The van der Waals surface area contributed by atoms with Crippen LogP contribution in [0.2, 0.25) is 0 Å². The van der Waals surface area contributed by atoms with E-state index >= 15 is 0 Å². The van der Waals surface area contributed by atoms with Crippen LogP contribution in [0, 0.1) is 0 Å². The van der Waals surface area contributed by atoms with Gasteiger partial charge in [0.25, 0.3) is 0 Å². The zero-order chi connectivity index (χ0) is 20.8. The van der Waals surface area contributed by atoms with Crippen molar-refractivity contribution in [1.82, 2.24) is 15.8 Å². The van der Waals surface area contributed by atoms with Gasteiger partial charge in [0, 0.05) is 43.9 Å². The first-order chi connectivity index (χ1) is 14.7. The van der Waals surface area contributed by atoms with Gasteiger partial charge in [0.1, 0.15) is 5.69 Å². The number of amides is 1. The Hall–Kier alpha value is -2.88. The molecular weight excluding hydrogens is 505 g/mol. The molecule has 1 saturated heterocycles. The Balaban J connectivity index is 0.00000272. The number of nitrogens with one attached hydrogen (secondary N) is 2. The van der Waals surface area contributed by atoms with Gasteiger partial charge in [-0.1, -0.05) is 47.6 Å². The maximum atomic E-state index is 11.9. The zero-order valence-electron chi connectivity index (χ0n) is 17.4. The third-order valence-electron chi connectivity index (χ3n) is 5.06. The molecule has 2 heterocycles. The number of hydrogen-bond acceptors (Lipinski definition) is 4. The molecular formula is C23H26IN5O2. The Morgan fingerprint density at radius 1 is 1.10 bits per heavy atom. The molecule has 0 atom stereocenters. The highest BCUT2D eigenvalue weighted by molar-refractivity contribution is 14.0. The van der Waals surface area contributed by atoms with Gasteiger partial charge >= 0.3 is 0 Å². The van der Waals surface area contributed by atoms with E-state index in [4.69, 9.17) is 4.52 Å². The molecule has 2 aromatic carbocycles. The van der Waals surface area contributed by atoms with E-state index in [1.165, 1.54) is 0 Å². The van der Waals surface area contributed by atoms with Crippen LogP contribution >= 0.6 is 24.0 Å². The van der Waals surface area contributed by atoms with Crippen molar-refractivity contribution in [3.05, 3.63) is 71.9 Å². The van der Waals surface area contributed by atoms with Crippen LogP contribution < -0.4 is 15.5 Å². The number of aromatic nitrogens is 1. The van der Waals surface area contributed by atoms with Crippen LogP contribution in [-0.2, 0) is 17.9 Å². The standard InChI is InChI=1S/C23H25N5O2.HI/c1-24-23(26-16-19-14-21(30-27-19)18-6-3-2-4-7-18)25-15-17-9-11-20(12-10-17)28-13-5-8-22(28)29;/h2-4,6-7,9-12,14H,5,8,13,15-16H2,1H3,(H2,24,25,26);1H. The van der Waals surface area contributed by atoms with Crippen molar-refractivity contribution in [2.24, 2.45) is 4.99 Å². The van der Waals surface area contributed by atoms with Crippen LogP contribution in [-0.4, -0.2) is 30.6 Å². The highest BCUT2D eigenvalue weighted by Crippen LogP contribution is 2.22. The molecule has 1 fully saturated rings. The summed E-state index contributed by atoms with van der Waals surface area (Å²) < 4.78 is 5.43. The second-order valence-corrected chi connectivity index (χ2v) is 7.14.